The fraction of sp³-hybridized carbons (Fsp3) is 0.944. The zero-order chi connectivity index (χ0) is 66.8. The Balaban J connectivity index is 5.22. The molecule has 3 N–H and O–H groups in total. The van der Waals surface area contributed by atoms with Crippen molar-refractivity contribution in [3.05, 3.63) is 0 Å². The van der Waals surface area contributed by atoms with Crippen molar-refractivity contribution in [2.75, 3.05) is 39.6 Å². The van der Waals surface area contributed by atoms with Gasteiger partial charge in [-0.2, -0.15) is 0 Å². The van der Waals surface area contributed by atoms with Gasteiger partial charge in [0.15, 0.2) is 12.2 Å². The number of aliphatic hydroxyl groups excluding tert-OH is 1. The van der Waals surface area contributed by atoms with Crippen LogP contribution in [-0.4, -0.2) is 96.7 Å². The van der Waals surface area contributed by atoms with Gasteiger partial charge in [-0.1, -0.05) is 299 Å². The predicted molar refractivity (Wildman–Crippen MR) is 363 cm³/mol. The molecule has 17 nitrogen and oxygen atoms in total. The Bertz CT molecular complexity index is 1780. The molecule has 0 heterocycles. The quantitative estimate of drug-likeness (QED) is 0.0222. The second kappa shape index (κ2) is 60.7. The lowest BCUT2D eigenvalue weighted by atomic mass is 10.0. The van der Waals surface area contributed by atoms with Crippen molar-refractivity contribution in [1.29, 1.82) is 0 Å². The molecule has 0 amide bonds. The van der Waals surface area contributed by atoms with E-state index < -0.39 is 97.5 Å². The van der Waals surface area contributed by atoms with Gasteiger partial charge in [0.25, 0.3) is 0 Å². The van der Waals surface area contributed by atoms with Gasteiger partial charge >= 0.3 is 39.5 Å². The van der Waals surface area contributed by atoms with Crippen molar-refractivity contribution in [3.63, 3.8) is 0 Å². The topological polar surface area (TPSA) is 237 Å². The Morgan fingerprint density at radius 2 is 0.467 bits per heavy atom. The highest BCUT2D eigenvalue weighted by atomic mass is 31.2. The van der Waals surface area contributed by atoms with E-state index >= 15 is 0 Å². The van der Waals surface area contributed by atoms with Crippen LogP contribution in [0.25, 0.3) is 0 Å². The largest absolute Gasteiger partial charge is 0.472 e. The number of esters is 4. The molecule has 0 aromatic carbocycles. The van der Waals surface area contributed by atoms with Crippen molar-refractivity contribution < 1.29 is 80.2 Å². The van der Waals surface area contributed by atoms with Crippen molar-refractivity contribution >= 4 is 39.5 Å². The van der Waals surface area contributed by atoms with Crippen LogP contribution >= 0.6 is 15.6 Å². The molecule has 5 atom stereocenters. The number of phosphoric acid groups is 2. The molecule has 534 valence electrons. The van der Waals surface area contributed by atoms with Crippen molar-refractivity contribution in [2.45, 2.75) is 369 Å². The van der Waals surface area contributed by atoms with E-state index in [4.69, 9.17) is 37.0 Å². The lowest BCUT2D eigenvalue weighted by molar-refractivity contribution is -0.161. The van der Waals surface area contributed by atoms with Crippen LogP contribution in [0.4, 0.5) is 0 Å². The standard InChI is InChI=1S/C71H138O17P2/c1-61(2)47-39-31-23-17-14-12-10-9-11-13-15-19-28-37-45-53-70(75)87-66(57-81-68(73)51-43-35-27-20-16-18-24-32-40-48-62(3)4)59-85-89(77,78)83-55-65(72)56-84-90(79,80)86-60-67(88-71(76)54-46-38-30-22-26-34-42-50-64(7)8)58-82-69(74)52-44-36-29-21-25-33-41-49-63(5)6/h61-67,72H,9-60H2,1-8H3,(H,77,78)(H,79,80)/t65?,66-,67-/m1/s1. The van der Waals surface area contributed by atoms with Crippen LogP contribution < -0.4 is 0 Å². The summed E-state index contributed by atoms with van der Waals surface area (Å²) in [5.41, 5.74) is 0. The summed E-state index contributed by atoms with van der Waals surface area (Å²) in [5, 5.41) is 10.6. The highest BCUT2D eigenvalue weighted by Crippen LogP contribution is 2.45. The van der Waals surface area contributed by atoms with Crippen LogP contribution in [0.1, 0.15) is 351 Å². The molecular formula is C71H138O17P2. The van der Waals surface area contributed by atoms with E-state index in [0.717, 1.165) is 108 Å². The zero-order valence-corrected chi connectivity index (χ0v) is 60.6. The van der Waals surface area contributed by atoms with E-state index in [1.165, 1.54) is 148 Å². The van der Waals surface area contributed by atoms with Gasteiger partial charge in [-0.3, -0.25) is 37.3 Å². The van der Waals surface area contributed by atoms with Gasteiger partial charge in [-0.15, -0.1) is 0 Å². The first kappa shape index (κ1) is 88.1. The number of aliphatic hydroxyl groups is 1. The SMILES string of the molecule is CC(C)CCCCCCCCCCCCCCCCCC(=O)O[C@H](COC(=O)CCCCCCCCCCCC(C)C)COP(=O)(O)OCC(O)COP(=O)(O)OC[C@@H](COC(=O)CCCCCCCCCC(C)C)OC(=O)CCCCCCCCCC(C)C. The number of hydrogen-bond donors (Lipinski definition) is 3. The smallest absolute Gasteiger partial charge is 0.462 e. The highest BCUT2D eigenvalue weighted by Gasteiger charge is 2.30. The number of carbonyl (C=O) groups is 4. The minimum atomic E-state index is -4.95. The van der Waals surface area contributed by atoms with Crippen LogP contribution in [0.5, 0.6) is 0 Å². The molecule has 90 heavy (non-hydrogen) atoms. The van der Waals surface area contributed by atoms with Crippen molar-refractivity contribution in [2.24, 2.45) is 23.7 Å². The van der Waals surface area contributed by atoms with Gasteiger partial charge in [0, 0.05) is 25.7 Å². The first-order valence-corrected chi connectivity index (χ1v) is 39.7. The Morgan fingerprint density at radius 3 is 0.689 bits per heavy atom. The van der Waals surface area contributed by atoms with Gasteiger partial charge in [0.2, 0.25) is 0 Å². The summed E-state index contributed by atoms with van der Waals surface area (Å²) >= 11 is 0. The molecule has 0 aromatic rings. The average molecular weight is 1330 g/mol. The molecule has 3 unspecified atom stereocenters. The molecule has 0 saturated carbocycles. The predicted octanol–water partition coefficient (Wildman–Crippen LogP) is 20.1. The minimum Gasteiger partial charge on any atom is -0.462 e. The second-order valence-corrected chi connectivity index (χ2v) is 30.4. The normalized spacial score (nSPS) is 14.3. The lowest BCUT2D eigenvalue weighted by Gasteiger charge is -2.21. The molecule has 0 aliphatic heterocycles. The second-order valence-electron chi connectivity index (χ2n) is 27.5. The van der Waals surface area contributed by atoms with E-state index in [0.29, 0.717) is 37.5 Å². The summed E-state index contributed by atoms with van der Waals surface area (Å²) in [6, 6.07) is 0. The molecule has 0 spiro atoms. The average Bonchev–Trinajstić information content (AvgIpc) is 3.66. The molecule has 0 radical (unpaired) electrons. The third-order valence-electron chi connectivity index (χ3n) is 16.3. The molecule has 0 rings (SSSR count). The van der Waals surface area contributed by atoms with E-state index in [1.807, 2.05) is 0 Å². The van der Waals surface area contributed by atoms with Crippen LogP contribution in [-0.2, 0) is 65.4 Å². The van der Waals surface area contributed by atoms with Crippen LogP contribution in [0.15, 0.2) is 0 Å². The van der Waals surface area contributed by atoms with Crippen LogP contribution in [0, 0.1) is 23.7 Å². The Labute approximate surface area is 549 Å². The molecule has 19 heteroatoms. The number of ether oxygens (including phenoxy) is 4. The van der Waals surface area contributed by atoms with Gasteiger partial charge in [0.05, 0.1) is 26.4 Å². The lowest BCUT2D eigenvalue weighted by Crippen LogP contribution is -2.30. The number of hydrogen-bond acceptors (Lipinski definition) is 15. The summed E-state index contributed by atoms with van der Waals surface area (Å²) in [7, 11) is -9.90. The summed E-state index contributed by atoms with van der Waals surface area (Å²) in [6.45, 7) is 14.0. The maximum absolute atomic E-state index is 13.0. The number of rotatable bonds is 68. The fourth-order valence-electron chi connectivity index (χ4n) is 10.7. The fourth-order valence-corrected chi connectivity index (χ4v) is 12.2. The first-order valence-electron chi connectivity index (χ1n) is 36.7. The first-order chi connectivity index (χ1) is 43.1. The van der Waals surface area contributed by atoms with Gasteiger partial charge in [0.1, 0.15) is 19.3 Å². The number of carbonyl (C=O) groups excluding carboxylic acids is 4. The van der Waals surface area contributed by atoms with Crippen LogP contribution in [0.3, 0.4) is 0 Å². The van der Waals surface area contributed by atoms with E-state index in [-0.39, 0.29) is 25.7 Å². The van der Waals surface area contributed by atoms with E-state index in [9.17, 15) is 43.2 Å². The highest BCUT2D eigenvalue weighted by molar-refractivity contribution is 7.47. The maximum atomic E-state index is 13.0. The summed E-state index contributed by atoms with van der Waals surface area (Å²) < 4.78 is 68.3. The molecule has 0 saturated heterocycles. The molecule has 0 fully saturated rings. The monoisotopic (exact) mass is 1320 g/mol. The van der Waals surface area contributed by atoms with Crippen molar-refractivity contribution in [3.8, 4) is 0 Å². The number of phosphoric ester groups is 2. The minimum absolute atomic E-state index is 0.102. The Kier molecular flexibility index (Phi) is 59.4. The third kappa shape index (κ3) is 64.8. The summed E-state index contributed by atoms with van der Waals surface area (Å²) in [6.07, 6.45) is 43.3. The van der Waals surface area contributed by atoms with Crippen LogP contribution in [0.2, 0.25) is 0 Å². The van der Waals surface area contributed by atoms with E-state index in [2.05, 4.69) is 55.4 Å². The molecule has 0 aliphatic carbocycles. The van der Waals surface area contributed by atoms with Gasteiger partial charge < -0.3 is 33.8 Å². The number of unbranched alkanes of at least 4 members (excludes halogenated alkanes) is 34. The van der Waals surface area contributed by atoms with Gasteiger partial charge in [-0.05, 0) is 49.4 Å². The molecule has 0 aromatic heterocycles. The Morgan fingerprint density at radius 1 is 0.278 bits per heavy atom. The Hall–Kier alpha value is -1.94. The zero-order valence-electron chi connectivity index (χ0n) is 58.8. The summed E-state index contributed by atoms with van der Waals surface area (Å²) in [5.74, 6) is 0.816. The maximum Gasteiger partial charge on any atom is 0.472 e. The molecule has 0 bridgehead atoms. The summed E-state index contributed by atoms with van der Waals surface area (Å²) in [4.78, 5) is 72.5. The molecule has 0 aliphatic rings. The van der Waals surface area contributed by atoms with Gasteiger partial charge in [-0.25, -0.2) is 9.13 Å². The van der Waals surface area contributed by atoms with Crippen molar-refractivity contribution in [1.82, 2.24) is 0 Å². The molecular weight excluding hydrogens is 1190 g/mol. The van der Waals surface area contributed by atoms with E-state index in [1.54, 1.807) is 0 Å². The third-order valence-corrected chi connectivity index (χ3v) is 18.2.